The van der Waals surface area contributed by atoms with Gasteiger partial charge in [-0.05, 0) is 49.6 Å². The SMILES string of the molecule is Cc1ccn2cc(CC(=O)N3c4ccccc4CC3C)nc2c1. The summed E-state index contributed by atoms with van der Waals surface area (Å²) in [5, 5.41) is 0. The third-order valence-electron chi connectivity index (χ3n) is 4.47. The molecule has 1 atom stereocenters. The standard InChI is InChI=1S/C19H19N3O/c1-13-7-8-21-12-16(20-18(21)9-13)11-19(23)22-14(2)10-15-5-3-4-6-17(15)22/h3-9,12,14H,10-11H2,1-2H3. The summed E-state index contributed by atoms with van der Waals surface area (Å²) < 4.78 is 1.97. The van der Waals surface area contributed by atoms with Gasteiger partial charge >= 0.3 is 0 Å². The number of amides is 1. The van der Waals surface area contributed by atoms with Crippen LogP contribution in [-0.2, 0) is 17.6 Å². The van der Waals surface area contributed by atoms with Gasteiger partial charge in [-0.25, -0.2) is 4.98 Å². The van der Waals surface area contributed by atoms with Gasteiger partial charge in [-0.1, -0.05) is 18.2 Å². The maximum atomic E-state index is 12.8. The molecule has 0 aliphatic carbocycles. The second-order valence-corrected chi connectivity index (χ2v) is 6.32. The van der Waals surface area contributed by atoms with Crippen molar-refractivity contribution in [1.29, 1.82) is 0 Å². The minimum Gasteiger partial charge on any atom is -0.309 e. The predicted octanol–water partition coefficient (Wildman–Crippen LogP) is 3.16. The van der Waals surface area contributed by atoms with Gasteiger partial charge in [0.25, 0.3) is 0 Å². The zero-order valence-electron chi connectivity index (χ0n) is 13.4. The number of carbonyl (C=O) groups is 1. The van der Waals surface area contributed by atoms with Gasteiger partial charge in [-0.15, -0.1) is 0 Å². The first-order valence-electron chi connectivity index (χ1n) is 7.96. The summed E-state index contributed by atoms with van der Waals surface area (Å²) in [5.41, 5.74) is 5.17. The molecule has 3 heterocycles. The van der Waals surface area contributed by atoms with Crippen LogP contribution in [0.2, 0.25) is 0 Å². The maximum absolute atomic E-state index is 12.8. The first kappa shape index (κ1) is 14.0. The van der Waals surface area contributed by atoms with Crippen LogP contribution in [0.5, 0.6) is 0 Å². The molecular weight excluding hydrogens is 286 g/mol. The van der Waals surface area contributed by atoms with Crippen LogP contribution in [0.4, 0.5) is 5.69 Å². The number of para-hydroxylation sites is 1. The number of benzene rings is 1. The van der Waals surface area contributed by atoms with E-state index in [1.54, 1.807) is 0 Å². The van der Waals surface area contributed by atoms with Gasteiger partial charge in [0.15, 0.2) is 0 Å². The lowest BCUT2D eigenvalue weighted by atomic mass is 10.1. The largest absolute Gasteiger partial charge is 0.309 e. The van der Waals surface area contributed by atoms with E-state index in [1.165, 1.54) is 11.1 Å². The summed E-state index contributed by atoms with van der Waals surface area (Å²) in [6, 6.07) is 12.4. The van der Waals surface area contributed by atoms with E-state index in [-0.39, 0.29) is 11.9 Å². The number of aryl methyl sites for hydroxylation is 1. The Morgan fingerprint density at radius 3 is 3.00 bits per heavy atom. The van der Waals surface area contributed by atoms with Crippen LogP contribution in [0.25, 0.3) is 5.65 Å². The molecule has 4 rings (SSSR count). The summed E-state index contributed by atoms with van der Waals surface area (Å²) >= 11 is 0. The van der Waals surface area contributed by atoms with Gasteiger partial charge < -0.3 is 9.30 Å². The lowest BCUT2D eigenvalue weighted by molar-refractivity contribution is -0.118. The molecule has 1 aliphatic rings. The molecule has 0 saturated carbocycles. The fraction of sp³-hybridized carbons (Fsp3) is 0.263. The van der Waals surface area contributed by atoms with E-state index >= 15 is 0 Å². The van der Waals surface area contributed by atoms with Crippen molar-refractivity contribution in [2.75, 3.05) is 4.90 Å². The minimum atomic E-state index is 0.113. The Labute approximate surface area is 135 Å². The first-order valence-corrected chi connectivity index (χ1v) is 7.96. The molecule has 2 aromatic heterocycles. The topological polar surface area (TPSA) is 37.6 Å². The second-order valence-electron chi connectivity index (χ2n) is 6.32. The summed E-state index contributed by atoms with van der Waals surface area (Å²) in [6.07, 6.45) is 5.18. The number of pyridine rings is 1. The Kier molecular flexibility index (Phi) is 3.18. The number of anilines is 1. The van der Waals surface area contributed by atoms with E-state index in [0.29, 0.717) is 6.42 Å². The molecule has 4 heteroatoms. The molecule has 0 bridgehead atoms. The van der Waals surface area contributed by atoms with E-state index in [2.05, 4.69) is 18.0 Å². The lowest BCUT2D eigenvalue weighted by Crippen LogP contribution is -2.36. The van der Waals surface area contributed by atoms with E-state index < -0.39 is 0 Å². The molecule has 23 heavy (non-hydrogen) atoms. The third kappa shape index (κ3) is 2.40. The number of imidazole rings is 1. The average Bonchev–Trinajstić information content (AvgIpc) is 3.05. The van der Waals surface area contributed by atoms with Gasteiger partial charge in [0.1, 0.15) is 5.65 Å². The van der Waals surface area contributed by atoms with Gasteiger partial charge in [0.05, 0.1) is 12.1 Å². The molecule has 0 fully saturated rings. The molecule has 0 N–H and O–H groups in total. The van der Waals surface area contributed by atoms with Crippen molar-refractivity contribution in [3.8, 4) is 0 Å². The van der Waals surface area contributed by atoms with Gasteiger partial charge in [0.2, 0.25) is 5.91 Å². The summed E-state index contributed by atoms with van der Waals surface area (Å²) in [5.74, 6) is 0.113. The number of carbonyl (C=O) groups excluding carboxylic acids is 1. The molecule has 1 aromatic carbocycles. The fourth-order valence-electron chi connectivity index (χ4n) is 3.41. The molecule has 1 aliphatic heterocycles. The van der Waals surface area contributed by atoms with E-state index in [4.69, 9.17) is 0 Å². The predicted molar refractivity (Wildman–Crippen MR) is 90.7 cm³/mol. The second kappa shape index (κ2) is 5.23. The molecule has 0 saturated heterocycles. The smallest absolute Gasteiger partial charge is 0.233 e. The van der Waals surface area contributed by atoms with Crippen LogP contribution in [0.15, 0.2) is 48.8 Å². The number of fused-ring (bicyclic) bond motifs is 2. The van der Waals surface area contributed by atoms with Crippen molar-refractivity contribution in [1.82, 2.24) is 9.38 Å². The van der Waals surface area contributed by atoms with E-state index in [0.717, 1.165) is 23.4 Å². The highest BCUT2D eigenvalue weighted by atomic mass is 16.2. The molecule has 0 radical (unpaired) electrons. The molecule has 3 aromatic rings. The summed E-state index contributed by atoms with van der Waals surface area (Å²) in [4.78, 5) is 19.3. The monoisotopic (exact) mass is 305 g/mol. The van der Waals surface area contributed by atoms with Crippen molar-refractivity contribution in [3.05, 3.63) is 65.6 Å². The maximum Gasteiger partial charge on any atom is 0.233 e. The van der Waals surface area contributed by atoms with Crippen LogP contribution in [0, 0.1) is 6.92 Å². The van der Waals surface area contributed by atoms with Gasteiger partial charge in [-0.2, -0.15) is 0 Å². The van der Waals surface area contributed by atoms with Crippen molar-refractivity contribution < 1.29 is 4.79 Å². The molecule has 0 spiro atoms. The Balaban J connectivity index is 1.62. The molecule has 1 amide bonds. The van der Waals surface area contributed by atoms with Crippen LogP contribution in [0.3, 0.4) is 0 Å². The fourth-order valence-corrected chi connectivity index (χ4v) is 3.41. The number of nitrogens with zero attached hydrogens (tertiary/aromatic N) is 3. The molecule has 116 valence electrons. The Bertz CT molecular complexity index is 897. The number of hydrogen-bond donors (Lipinski definition) is 0. The molecule has 4 nitrogen and oxygen atoms in total. The van der Waals surface area contributed by atoms with Crippen LogP contribution in [0.1, 0.15) is 23.7 Å². The third-order valence-corrected chi connectivity index (χ3v) is 4.47. The molecular formula is C19H19N3O. The Morgan fingerprint density at radius 2 is 2.13 bits per heavy atom. The highest BCUT2D eigenvalue weighted by Gasteiger charge is 2.30. The number of hydrogen-bond acceptors (Lipinski definition) is 2. The number of aromatic nitrogens is 2. The van der Waals surface area contributed by atoms with Crippen molar-refractivity contribution in [3.63, 3.8) is 0 Å². The quantitative estimate of drug-likeness (QED) is 0.729. The zero-order chi connectivity index (χ0) is 16.0. The first-order chi connectivity index (χ1) is 11.1. The van der Waals surface area contributed by atoms with E-state index in [9.17, 15) is 4.79 Å². The van der Waals surface area contributed by atoms with Crippen LogP contribution < -0.4 is 4.90 Å². The highest BCUT2D eigenvalue weighted by molar-refractivity contribution is 5.97. The lowest BCUT2D eigenvalue weighted by Gasteiger charge is -2.22. The Hall–Kier alpha value is -2.62. The van der Waals surface area contributed by atoms with E-state index in [1.807, 2.05) is 58.9 Å². The van der Waals surface area contributed by atoms with Gasteiger partial charge in [0, 0.05) is 24.1 Å². The average molecular weight is 305 g/mol. The summed E-state index contributed by atoms with van der Waals surface area (Å²) in [6.45, 7) is 4.15. The van der Waals surface area contributed by atoms with Crippen LogP contribution >= 0.6 is 0 Å². The zero-order valence-corrected chi connectivity index (χ0v) is 13.4. The van der Waals surface area contributed by atoms with Crippen molar-refractivity contribution >= 4 is 17.2 Å². The summed E-state index contributed by atoms with van der Waals surface area (Å²) in [7, 11) is 0. The Morgan fingerprint density at radius 1 is 1.30 bits per heavy atom. The van der Waals surface area contributed by atoms with Crippen LogP contribution in [-0.4, -0.2) is 21.3 Å². The number of rotatable bonds is 2. The normalized spacial score (nSPS) is 16.8. The molecule has 1 unspecified atom stereocenters. The van der Waals surface area contributed by atoms with Crippen molar-refractivity contribution in [2.24, 2.45) is 0 Å². The highest BCUT2D eigenvalue weighted by Crippen LogP contribution is 2.32. The minimum absolute atomic E-state index is 0.113. The van der Waals surface area contributed by atoms with Crippen molar-refractivity contribution in [2.45, 2.75) is 32.7 Å². The van der Waals surface area contributed by atoms with Gasteiger partial charge in [-0.3, -0.25) is 4.79 Å².